The van der Waals surface area contributed by atoms with Crippen molar-refractivity contribution in [1.82, 2.24) is 0 Å². The molecule has 1 rings (SSSR count). The summed E-state index contributed by atoms with van der Waals surface area (Å²) in [6, 6.07) is 5.82. The van der Waals surface area contributed by atoms with E-state index in [1.807, 2.05) is 0 Å². The van der Waals surface area contributed by atoms with Crippen LogP contribution in [0, 0.1) is 5.82 Å². The van der Waals surface area contributed by atoms with E-state index in [1.54, 1.807) is 12.1 Å². The van der Waals surface area contributed by atoms with Crippen molar-refractivity contribution in [3.8, 4) is 0 Å². The van der Waals surface area contributed by atoms with E-state index >= 15 is 0 Å². The van der Waals surface area contributed by atoms with Crippen molar-refractivity contribution in [3.63, 3.8) is 0 Å². The Hall–Kier alpha value is 0.686. The minimum atomic E-state index is -0.294. The number of hydrogen-bond acceptors (Lipinski definition) is 0. The molecule has 4 heteroatoms. The van der Waals surface area contributed by atoms with Crippen molar-refractivity contribution in [1.29, 1.82) is 0 Å². The molecule has 0 bridgehead atoms. The summed E-state index contributed by atoms with van der Waals surface area (Å²) in [6.07, 6.45) is 0. The van der Waals surface area contributed by atoms with Crippen LogP contribution >= 0.6 is 28.6 Å². The molecule has 0 aromatic heterocycles. The van der Waals surface area contributed by atoms with E-state index in [1.165, 1.54) is 12.1 Å². The Labute approximate surface area is 93.7 Å². The fraction of sp³-hybridized carbons (Fsp3) is 0. The molecule has 54 valence electrons. The van der Waals surface area contributed by atoms with Gasteiger partial charge in [0.15, 0.2) is 0 Å². The van der Waals surface area contributed by atoms with Gasteiger partial charge < -0.3 is 2.85 Å². The zero-order valence-electron chi connectivity index (χ0n) is 7.18. The Morgan fingerprint density at radius 1 is 1.40 bits per heavy atom. The van der Waals surface area contributed by atoms with Gasteiger partial charge in [0.05, 0.1) is 0 Å². The zero-order chi connectivity index (χ0) is 5.98. The molecule has 0 radical (unpaired) electrons. The van der Waals surface area contributed by atoms with Crippen molar-refractivity contribution in [2.75, 3.05) is 0 Å². The third-order valence-corrected chi connectivity index (χ3v) is 1.02. The summed E-state index contributed by atoms with van der Waals surface area (Å²) in [5, 5.41) is 0.435. The zero-order valence-corrected chi connectivity index (χ0v) is 9.06. The molecule has 1 aromatic carbocycles. The van der Waals surface area contributed by atoms with Gasteiger partial charge in [-0.25, -0.2) is 4.39 Å². The van der Waals surface area contributed by atoms with Crippen molar-refractivity contribution in [3.05, 3.63) is 35.1 Å². The van der Waals surface area contributed by atoms with Crippen LogP contribution in [0.4, 0.5) is 4.39 Å². The maximum atomic E-state index is 12.1. The van der Waals surface area contributed by atoms with Gasteiger partial charge in [0, 0.05) is 5.02 Å². The first-order valence-electron chi connectivity index (χ1n) is 2.20. The summed E-state index contributed by atoms with van der Waals surface area (Å²) < 4.78 is 12.1. The summed E-state index contributed by atoms with van der Waals surface area (Å²) in [5.41, 5.74) is 0. The molecule has 0 aliphatic heterocycles. The Kier molecular flexibility index (Phi) is 8.50. The standard InChI is InChI=1S/C6H4ClF.BrH.Mg.2H/c7-5-2-1-3-6(8)4-5;;;;/h1-4H;1H;;;/q;;+2;2*-1. The van der Waals surface area contributed by atoms with Gasteiger partial charge in [-0.1, -0.05) is 17.7 Å². The summed E-state index contributed by atoms with van der Waals surface area (Å²) >= 11 is 5.40. The summed E-state index contributed by atoms with van der Waals surface area (Å²) in [5.74, 6) is -0.294. The van der Waals surface area contributed by atoms with Crippen LogP contribution < -0.4 is 0 Å². The first-order chi connectivity index (χ1) is 3.79. The first kappa shape index (κ1) is 13.3. The van der Waals surface area contributed by atoms with E-state index in [9.17, 15) is 4.39 Å². The largest absolute Gasteiger partial charge is 2.00 e. The van der Waals surface area contributed by atoms with Crippen LogP contribution in [0.25, 0.3) is 0 Å². The van der Waals surface area contributed by atoms with Gasteiger partial charge in [-0.2, -0.15) is 0 Å². The van der Waals surface area contributed by atoms with Gasteiger partial charge in [-0.15, -0.1) is 17.0 Å². The van der Waals surface area contributed by atoms with Crippen molar-refractivity contribution in [2.24, 2.45) is 0 Å². The van der Waals surface area contributed by atoms with Crippen molar-refractivity contribution < 1.29 is 7.24 Å². The van der Waals surface area contributed by atoms with Gasteiger partial charge >= 0.3 is 23.1 Å². The molecule has 0 unspecified atom stereocenters. The van der Waals surface area contributed by atoms with Gasteiger partial charge in [0.25, 0.3) is 0 Å². The second kappa shape index (κ2) is 6.40. The second-order valence-electron chi connectivity index (χ2n) is 1.44. The monoisotopic (exact) mass is 236 g/mol. The molecule has 0 heterocycles. The smallest absolute Gasteiger partial charge is 1.00 e. The van der Waals surface area contributed by atoms with Crippen LogP contribution in [0.3, 0.4) is 0 Å². The number of benzene rings is 1. The molecule has 0 fully saturated rings. The third-order valence-electron chi connectivity index (χ3n) is 0.787. The molecule has 0 amide bonds. The van der Waals surface area contributed by atoms with Gasteiger partial charge in [0.1, 0.15) is 5.82 Å². The Morgan fingerprint density at radius 2 is 2.00 bits per heavy atom. The SMILES string of the molecule is Br.Fc1cccc(Cl)c1.[H-].[H-].[Mg+2]. The molecule has 1 aromatic rings. The van der Waals surface area contributed by atoms with Gasteiger partial charge in [0.2, 0.25) is 0 Å². The molecule has 0 saturated heterocycles. The number of rotatable bonds is 0. The van der Waals surface area contributed by atoms with E-state index in [-0.39, 0.29) is 48.7 Å². The Balaban J connectivity index is -0.0000000800. The molecule has 0 N–H and O–H groups in total. The molecule has 0 saturated carbocycles. The van der Waals surface area contributed by atoms with Gasteiger partial charge in [-0.3, -0.25) is 0 Å². The average Bonchev–Trinajstić information content (AvgIpc) is 1.64. The minimum absolute atomic E-state index is 0. The fourth-order valence-corrected chi connectivity index (χ4v) is 0.637. The number of hydrogen-bond donors (Lipinski definition) is 0. The molecule has 0 nitrogen and oxygen atoms in total. The van der Waals surface area contributed by atoms with Crippen LogP contribution in [0.1, 0.15) is 2.85 Å². The predicted octanol–water partition coefficient (Wildman–Crippen LogP) is 2.90. The summed E-state index contributed by atoms with van der Waals surface area (Å²) in [4.78, 5) is 0. The molecular weight excluding hydrogens is 231 g/mol. The molecular formula is C6H7BrClFMg. The van der Waals surface area contributed by atoms with E-state index in [0.717, 1.165) is 0 Å². The molecule has 0 aliphatic carbocycles. The Bertz CT molecular complexity index is 185. The van der Waals surface area contributed by atoms with E-state index in [0.29, 0.717) is 5.02 Å². The molecule has 10 heavy (non-hydrogen) atoms. The quantitative estimate of drug-likeness (QED) is 0.609. The third kappa shape index (κ3) is 4.49. The van der Waals surface area contributed by atoms with E-state index in [4.69, 9.17) is 11.6 Å². The van der Waals surface area contributed by atoms with E-state index < -0.39 is 0 Å². The van der Waals surface area contributed by atoms with Gasteiger partial charge in [-0.05, 0) is 18.2 Å². The van der Waals surface area contributed by atoms with Crippen LogP contribution in [0.2, 0.25) is 5.02 Å². The first-order valence-corrected chi connectivity index (χ1v) is 2.58. The van der Waals surface area contributed by atoms with Crippen molar-refractivity contribution >= 4 is 51.6 Å². The number of halogens is 3. The second-order valence-corrected chi connectivity index (χ2v) is 1.88. The van der Waals surface area contributed by atoms with Crippen molar-refractivity contribution in [2.45, 2.75) is 0 Å². The van der Waals surface area contributed by atoms with Crippen LogP contribution in [-0.4, -0.2) is 23.1 Å². The fourth-order valence-electron chi connectivity index (χ4n) is 0.460. The van der Waals surface area contributed by atoms with Crippen LogP contribution in [0.15, 0.2) is 24.3 Å². The maximum absolute atomic E-state index is 12.1. The van der Waals surface area contributed by atoms with Crippen LogP contribution in [-0.2, 0) is 0 Å². The Morgan fingerprint density at radius 3 is 2.30 bits per heavy atom. The molecule has 0 aliphatic rings. The predicted molar refractivity (Wildman–Crippen MR) is 49.7 cm³/mol. The molecule has 0 spiro atoms. The minimum Gasteiger partial charge on any atom is -1.00 e. The average molecular weight is 238 g/mol. The topological polar surface area (TPSA) is 0 Å². The van der Waals surface area contributed by atoms with Crippen LogP contribution in [0.5, 0.6) is 0 Å². The maximum Gasteiger partial charge on any atom is 2.00 e. The summed E-state index contributed by atoms with van der Waals surface area (Å²) in [7, 11) is 0. The van der Waals surface area contributed by atoms with E-state index in [2.05, 4.69) is 0 Å². The summed E-state index contributed by atoms with van der Waals surface area (Å²) in [6.45, 7) is 0. The molecule has 0 atom stereocenters. The normalized spacial score (nSPS) is 7.40.